The molecule has 0 bridgehead atoms. The van der Waals surface area contributed by atoms with Crippen LogP contribution in [0.1, 0.15) is 18.5 Å². The maximum atomic E-state index is 13.6. The molecule has 1 heterocycles. The summed E-state index contributed by atoms with van der Waals surface area (Å²) in [6.45, 7) is 1.77. The molecule has 1 unspecified atom stereocenters. The van der Waals surface area contributed by atoms with Crippen LogP contribution in [0.4, 0.5) is 14.5 Å². The van der Waals surface area contributed by atoms with E-state index in [-0.39, 0.29) is 11.6 Å². The molecule has 0 spiro atoms. The lowest BCUT2D eigenvalue weighted by molar-refractivity contribution is 0.566. The van der Waals surface area contributed by atoms with E-state index in [1.807, 2.05) is 0 Å². The third-order valence-corrected chi connectivity index (χ3v) is 2.90. The number of hydrogen-bond acceptors (Lipinski definition) is 2. The molecule has 19 heavy (non-hydrogen) atoms. The van der Waals surface area contributed by atoms with Crippen molar-refractivity contribution in [1.82, 2.24) is 4.57 Å². The largest absolute Gasteiger partial charge is 0.377 e. The first-order valence-electron chi connectivity index (χ1n) is 5.85. The summed E-state index contributed by atoms with van der Waals surface area (Å²) in [4.78, 5) is 11.3. The number of benzene rings is 1. The fourth-order valence-corrected chi connectivity index (χ4v) is 1.86. The number of rotatable bonds is 3. The Labute approximate surface area is 109 Å². The van der Waals surface area contributed by atoms with E-state index in [0.29, 0.717) is 11.3 Å². The molecule has 1 N–H and O–H groups in total. The monoisotopic (exact) mass is 264 g/mol. The van der Waals surface area contributed by atoms with Gasteiger partial charge in [0.1, 0.15) is 11.6 Å². The Balaban J connectivity index is 2.22. The van der Waals surface area contributed by atoms with Gasteiger partial charge in [-0.1, -0.05) is 6.07 Å². The van der Waals surface area contributed by atoms with E-state index in [9.17, 15) is 13.6 Å². The maximum absolute atomic E-state index is 13.6. The number of pyridine rings is 1. The van der Waals surface area contributed by atoms with Gasteiger partial charge >= 0.3 is 0 Å². The molecule has 0 aliphatic carbocycles. The molecule has 0 amide bonds. The molecule has 3 nitrogen and oxygen atoms in total. The molecule has 1 aromatic heterocycles. The molecule has 1 aromatic carbocycles. The molecular weight excluding hydrogens is 250 g/mol. The summed E-state index contributed by atoms with van der Waals surface area (Å²) in [5.74, 6) is -1.19. The zero-order valence-electron chi connectivity index (χ0n) is 10.7. The summed E-state index contributed by atoms with van der Waals surface area (Å²) in [5, 5.41) is 3.06. The minimum atomic E-state index is -0.601. The highest BCUT2D eigenvalue weighted by Gasteiger charge is 2.11. The van der Waals surface area contributed by atoms with E-state index in [2.05, 4.69) is 5.32 Å². The molecule has 0 saturated heterocycles. The second-order valence-corrected chi connectivity index (χ2v) is 4.40. The van der Waals surface area contributed by atoms with Gasteiger partial charge in [0.05, 0.1) is 11.7 Å². The van der Waals surface area contributed by atoms with Crippen LogP contribution in [0.25, 0.3) is 0 Å². The summed E-state index contributed by atoms with van der Waals surface area (Å²) in [6.07, 6.45) is 1.63. The van der Waals surface area contributed by atoms with Crippen LogP contribution < -0.4 is 10.9 Å². The van der Waals surface area contributed by atoms with Crippen molar-refractivity contribution >= 4 is 5.69 Å². The first-order valence-corrected chi connectivity index (χ1v) is 5.85. The van der Waals surface area contributed by atoms with Gasteiger partial charge < -0.3 is 9.88 Å². The minimum absolute atomic E-state index is 0.119. The van der Waals surface area contributed by atoms with E-state index in [4.69, 9.17) is 0 Å². The van der Waals surface area contributed by atoms with E-state index in [1.165, 1.54) is 22.8 Å². The Kier molecular flexibility index (Phi) is 3.64. The predicted molar refractivity (Wildman–Crippen MR) is 70.1 cm³/mol. The lowest BCUT2D eigenvalue weighted by Crippen LogP contribution is -2.16. The summed E-state index contributed by atoms with van der Waals surface area (Å²) in [6, 6.07) is 6.20. The van der Waals surface area contributed by atoms with Gasteiger partial charge in [-0.05, 0) is 19.1 Å². The van der Waals surface area contributed by atoms with E-state index < -0.39 is 11.6 Å². The first-order chi connectivity index (χ1) is 8.97. The molecule has 2 aromatic rings. The Morgan fingerprint density at radius 1 is 1.21 bits per heavy atom. The number of aromatic nitrogens is 1. The van der Waals surface area contributed by atoms with Crippen molar-refractivity contribution in [2.45, 2.75) is 13.0 Å². The lowest BCUT2D eigenvalue weighted by Gasteiger charge is -2.16. The van der Waals surface area contributed by atoms with E-state index in [1.54, 1.807) is 26.2 Å². The van der Waals surface area contributed by atoms with Crippen molar-refractivity contribution in [3.8, 4) is 0 Å². The second-order valence-electron chi connectivity index (χ2n) is 4.40. The maximum Gasteiger partial charge on any atom is 0.250 e. The van der Waals surface area contributed by atoms with Gasteiger partial charge in [-0.15, -0.1) is 0 Å². The second kappa shape index (κ2) is 5.22. The Bertz CT molecular complexity index is 652. The first kappa shape index (κ1) is 13.3. The summed E-state index contributed by atoms with van der Waals surface area (Å²) in [5.41, 5.74) is 0.944. The predicted octanol–water partition coefficient (Wildman–Crippen LogP) is 2.84. The summed E-state index contributed by atoms with van der Waals surface area (Å²) in [7, 11) is 1.64. The molecule has 0 fully saturated rings. The third kappa shape index (κ3) is 2.99. The summed E-state index contributed by atoms with van der Waals surface area (Å²) < 4.78 is 27.9. The zero-order chi connectivity index (χ0) is 14.0. The number of hydrogen-bond donors (Lipinski definition) is 1. The zero-order valence-corrected chi connectivity index (χ0v) is 10.7. The van der Waals surface area contributed by atoms with Crippen molar-refractivity contribution in [2.75, 3.05) is 5.32 Å². The molecule has 100 valence electrons. The van der Waals surface area contributed by atoms with E-state index in [0.717, 1.165) is 6.07 Å². The lowest BCUT2D eigenvalue weighted by atomic mass is 10.1. The fraction of sp³-hybridized carbons (Fsp3) is 0.214. The number of nitrogens with zero attached hydrogens (tertiary/aromatic N) is 1. The van der Waals surface area contributed by atoms with Gasteiger partial charge in [0, 0.05) is 30.9 Å². The molecule has 0 aliphatic heterocycles. The van der Waals surface area contributed by atoms with Crippen molar-refractivity contribution in [1.29, 1.82) is 0 Å². The van der Waals surface area contributed by atoms with Gasteiger partial charge in [0.15, 0.2) is 0 Å². The van der Waals surface area contributed by atoms with Crippen LogP contribution in [-0.4, -0.2) is 4.57 Å². The van der Waals surface area contributed by atoms with Crippen molar-refractivity contribution in [3.63, 3.8) is 0 Å². The molecule has 5 heteroatoms. The normalized spacial score (nSPS) is 12.2. The highest BCUT2D eigenvalue weighted by molar-refractivity contribution is 5.43. The van der Waals surface area contributed by atoms with Crippen LogP contribution in [0.15, 0.2) is 41.3 Å². The average molecular weight is 264 g/mol. The van der Waals surface area contributed by atoms with Gasteiger partial charge in [-0.3, -0.25) is 4.79 Å². The molecule has 2 rings (SSSR count). The van der Waals surface area contributed by atoms with Crippen LogP contribution in [0.2, 0.25) is 0 Å². The number of aryl methyl sites for hydroxylation is 1. The van der Waals surface area contributed by atoms with Crippen molar-refractivity contribution < 1.29 is 8.78 Å². The van der Waals surface area contributed by atoms with Crippen molar-refractivity contribution in [3.05, 3.63) is 64.1 Å². The fourth-order valence-electron chi connectivity index (χ4n) is 1.86. The van der Waals surface area contributed by atoms with Crippen LogP contribution in [0, 0.1) is 11.6 Å². The van der Waals surface area contributed by atoms with Gasteiger partial charge in [0.2, 0.25) is 5.56 Å². The van der Waals surface area contributed by atoms with Crippen LogP contribution in [-0.2, 0) is 7.05 Å². The number of nitrogens with one attached hydrogen (secondary N) is 1. The van der Waals surface area contributed by atoms with Gasteiger partial charge in [-0.25, -0.2) is 8.78 Å². The standard InChI is InChI=1S/C14H14F2N2O/c1-9(12-5-3-10(15)7-13(12)16)17-11-4-6-14(19)18(2)8-11/h3-9,17H,1-2H3. The molecule has 0 aliphatic rings. The van der Waals surface area contributed by atoms with Crippen molar-refractivity contribution in [2.24, 2.45) is 7.05 Å². The molecular formula is C14H14F2N2O. The summed E-state index contributed by atoms with van der Waals surface area (Å²) >= 11 is 0. The Morgan fingerprint density at radius 3 is 2.58 bits per heavy atom. The van der Waals surface area contributed by atoms with E-state index >= 15 is 0 Å². The molecule has 0 saturated carbocycles. The minimum Gasteiger partial charge on any atom is -0.377 e. The highest BCUT2D eigenvalue weighted by Crippen LogP contribution is 2.21. The SMILES string of the molecule is CC(Nc1ccc(=O)n(C)c1)c1ccc(F)cc1F. The average Bonchev–Trinajstić information content (AvgIpc) is 2.33. The smallest absolute Gasteiger partial charge is 0.250 e. The van der Waals surface area contributed by atoms with Crippen LogP contribution in [0.5, 0.6) is 0 Å². The number of halogens is 2. The topological polar surface area (TPSA) is 34.0 Å². The highest BCUT2D eigenvalue weighted by atomic mass is 19.1. The number of anilines is 1. The Morgan fingerprint density at radius 2 is 1.95 bits per heavy atom. The van der Waals surface area contributed by atoms with Crippen LogP contribution in [0.3, 0.4) is 0 Å². The molecule has 1 atom stereocenters. The molecule has 0 radical (unpaired) electrons. The quantitative estimate of drug-likeness (QED) is 0.925. The van der Waals surface area contributed by atoms with Crippen LogP contribution >= 0.6 is 0 Å². The Hall–Kier alpha value is -2.17. The van der Waals surface area contributed by atoms with Gasteiger partial charge in [0.25, 0.3) is 0 Å². The third-order valence-electron chi connectivity index (χ3n) is 2.90. The van der Waals surface area contributed by atoms with Gasteiger partial charge in [-0.2, -0.15) is 0 Å².